The van der Waals surface area contributed by atoms with E-state index in [0.29, 0.717) is 29.8 Å². The molecule has 0 atom stereocenters. The predicted octanol–water partition coefficient (Wildman–Crippen LogP) is 2.92. The average Bonchev–Trinajstić information content (AvgIpc) is 2.48. The molecule has 0 aliphatic carbocycles. The maximum atomic E-state index is 13.7. The summed E-state index contributed by atoms with van der Waals surface area (Å²) in [6.07, 6.45) is 0.475. The van der Waals surface area contributed by atoms with E-state index in [1.165, 1.54) is 30.3 Å². The van der Waals surface area contributed by atoms with Gasteiger partial charge in [-0.05, 0) is 48.9 Å². The smallest absolute Gasteiger partial charge is 0.131 e. The number of nitrogens with zero attached hydrogens (tertiary/aromatic N) is 1. The average molecular weight is 288 g/mol. The number of benzene rings is 2. The molecule has 0 saturated carbocycles. The molecule has 0 amide bonds. The minimum absolute atomic E-state index is 0.000740. The Labute approximate surface area is 121 Å². The number of nitriles is 1. The first-order valence-electron chi connectivity index (χ1n) is 6.44. The first-order chi connectivity index (χ1) is 10.1. The first kappa shape index (κ1) is 14.9. The lowest BCUT2D eigenvalue weighted by Gasteiger charge is -2.12. The van der Waals surface area contributed by atoms with E-state index in [2.05, 4.69) is 0 Å². The van der Waals surface area contributed by atoms with Crippen molar-refractivity contribution >= 4 is 0 Å². The quantitative estimate of drug-likeness (QED) is 0.920. The highest BCUT2D eigenvalue weighted by Gasteiger charge is 2.08. The Balaban J connectivity index is 2.15. The molecule has 0 saturated heterocycles. The molecule has 2 aromatic rings. The van der Waals surface area contributed by atoms with Gasteiger partial charge in [0.25, 0.3) is 0 Å². The van der Waals surface area contributed by atoms with Crippen molar-refractivity contribution in [2.75, 3.05) is 6.54 Å². The summed E-state index contributed by atoms with van der Waals surface area (Å²) in [4.78, 5) is 0. The fraction of sp³-hybridized carbons (Fsp3) is 0.188. The van der Waals surface area contributed by atoms with Crippen LogP contribution >= 0.6 is 0 Å². The lowest BCUT2D eigenvalue weighted by molar-refractivity contribution is 0.296. The Morgan fingerprint density at radius 1 is 1.10 bits per heavy atom. The standard InChI is InChI=1S/C16H14F2N2O/c17-14-3-4-16(12(8-14)5-6-19)21-10-13-2-1-11(9-20)7-15(13)18/h1-4,7-8H,5-6,10,19H2. The zero-order valence-corrected chi connectivity index (χ0v) is 11.3. The zero-order chi connectivity index (χ0) is 15.2. The molecule has 0 aliphatic heterocycles. The molecule has 0 radical (unpaired) electrons. The van der Waals surface area contributed by atoms with Crippen LogP contribution in [0, 0.1) is 23.0 Å². The molecule has 3 nitrogen and oxygen atoms in total. The van der Waals surface area contributed by atoms with E-state index in [1.807, 2.05) is 6.07 Å². The molecule has 0 aromatic heterocycles. The predicted molar refractivity (Wildman–Crippen MR) is 74.6 cm³/mol. The van der Waals surface area contributed by atoms with Crippen molar-refractivity contribution in [3.8, 4) is 11.8 Å². The molecule has 108 valence electrons. The summed E-state index contributed by atoms with van der Waals surface area (Å²) in [5.41, 5.74) is 6.70. The molecular formula is C16H14F2N2O. The van der Waals surface area contributed by atoms with E-state index in [-0.39, 0.29) is 18.0 Å². The summed E-state index contributed by atoms with van der Waals surface area (Å²) in [6.45, 7) is 0.367. The summed E-state index contributed by atoms with van der Waals surface area (Å²) < 4.78 is 32.5. The lowest BCUT2D eigenvalue weighted by Crippen LogP contribution is -2.06. The highest BCUT2D eigenvalue weighted by atomic mass is 19.1. The summed E-state index contributed by atoms with van der Waals surface area (Å²) >= 11 is 0. The van der Waals surface area contributed by atoms with Crippen molar-refractivity contribution in [2.45, 2.75) is 13.0 Å². The third-order valence-electron chi connectivity index (χ3n) is 3.00. The molecule has 0 bridgehead atoms. The molecule has 2 aromatic carbocycles. The minimum atomic E-state index is -0.503. The molecule has 0 fully saturated rings. The van der Waals surface area contributed by atoms with Crippen LogP contribution < -0.4 is 10.5 Å². The number of rotatable bonds is 5. The number of halogens is 2. The third kappa shape index (κ3) is 3.77. The Morgan fingerprint density at radius 3 is 2.57 bits per heavy atom. The summed E-state index contributed by atoms with van der Waals surface area (Å²) in [5, 5.41) is 8.69. The van der Waals surface area contributed by atoms with Gasteiger partial charge in [0.2, 0.25) is 0 Å². The molecule has 5 heteroatoms. The lowest BCUT2D eigenvalue weighted by atomic mass is 10.1. The van der Waals surface area contributed by atoms with Crippen LogP contribution in [0.25, 0.3) is 0 Å². The van der Waals surface area contributed by atoms with Crippen LogP contribution in [0.4, 0.5) is 8.78 Å². The van der Waals surface area contributed by atoms with Crippen LogP contribution in [0.5, 0.6) is 5.75 Å². The Kier molecular flexibility index (Phi) is 4.85. The van der Waals surface area contributed by atoms with E-state index < -0.39 is 5.82 Å². The summed E-state index contributed by atoms with van der Waals surface area (Å²) in [7, 11) is 0. The second kappa shape index (κ2) is 6.82. The van der Waals surface area contributed by atoms with Crippen LogP contribution in [0.2, 0.25) is 0 Å². The highest BCUT2D eigenvalue weighted by molar-refractivity contribution is 5.36. The molecule has 0 spiro atoms. The first-order valence-corrected chi connectivity index (χ1v) is 6.44. The molecule has 0 unspecified atom stereocenters. The zero-order valence-electron chi connectivity index (χ0n) is 11.3. The monoisotopic (exact) mass is 288 g/mol. The van der Waals surface area contributed by atoms with Gasteiger partial charge in [0.15, 0.2) is 0 Å². The highest BCUT2D eigenvalue weighted by Crippen LogP contribution is 2.22. The normalized spacial score (nSPS) is 10.2. The third-order valence-corrected chi connectivity index (χ3v) is 3.00. The topological polar surface area (TPSA) is 59.0 Å². The Morgan fingerprint density at radius 2 is 1.90 bits per heavy atom. The summed E-state index contributed by atoms with van der Waals surface area (Å²) in [5.74, 6) is -0.391. The van der Waals surface area contributed by atoms with Crippen LogP contribution in [-0.2, 0) is 13.0 Å². The van der Waals surface area contributed by atoms with E-state index in [1.54, 1.807) is 0 Å². The van der Waals surface area contributed by atoms with Crippen molar-refractivity contribution in [1.29, 1.82) is 5.26 Å². The van der Waals surface area contributed by atoms with Gasteiger partial charge in [0.1, 0.15) is 24.0 Å². The largest absolute Gasteiger partial charge is 0.489 e. The van der Waals surface area contributed by atoms with Crippen molar-refractivity contribution in [3.05, 3.63) is 64.7 Å². The molecule has 2 rings (SSSR count). The SMILES string of the molecule is N#Cc1ccc(COc2ccc(F)cc2CCN)c(F)c1. The maximum absolute atomic E-state index is 13.7. The molecule has 0 aliphatic rings. The summed E-state index contributed by atoms with van der Waals surface area (Å²) in [6, 6.07) is 10.2. The van der Waals surface area contributed by atoms with Gasteiger partial charge in [-0.3, -0.25) is 0 Å². The van der Waals surface area contributed by atoms with Crippen molar-refractivity contribution in [3.63, 3.8) is 0 Å². The van der Waals surface area contributed by atoms with Gasteiger partial charge < -0.3 is 10.5 Å². The van der Waals surface area contributed by atoms with E-state index in [9.17, 15) is 8.78 Å². The molecule has 2 N–H and O–H groups in total. The van der Waals surface area contributed by atoms with Crippen LogP contribution in [0.3, 0.4) is 0 Å². The number of hydrogen-bond acceptors (Lipinski definition) is 3. The van der Waals surface area contributed by atoms with Crippen LogP contribution in [0.1, 0.15) is 16.7 Å². The fourth-order valence-corrected chi connectivity index (χ4v) is 1.93. The van der Waals surface area contributed by atoms with Gasteiger partial charge in [-0.15, -0.1) is 0 Å². The van der Waals surface area contributed by atoms with Gasteiger partial charge in [0, 0.05) is 5.56 Å². The number of ether oxygens (including phenoxy) is 1. The van der Waals surface area contributed by atoms with Crippen LogP contribution in [0.15, 0.2) is 36.4 Å². The van der Waals surface area contributed by atoms with Gasteiger partial charge in [-0.25, -0.2) is 8.78 Å². The number of hydrogen-bond donors (Lipinski definition) is 1. The van der Waals surface area contributed by atoms with Crippen molar-refractivity contribution < 1.29 is 13.5 Å². The van der Waals surface area contributed by atoms with Gasteiger partial charge in [-0.2, -0.15) is 5.26 Å². The van der Waals surface area contributed by atoms with Crippen molar-refractivity contribution in [2.24, 2.45) is 5.73 Å². The van der Waals surface area contributed by atoms with Gasteiger partial charge >= 0.3 is 0 Å². The van der Waals surface area contributed by atoms with Crippen LogP contribution in [-0.4, -0.2) is 6.54 Å². The Bertz CT molecular complexity index is 680. The van der Waals surface area contributed by atoms with E-state index in [0.717, 1.165) is 6.07 Å². The fourth-order valence-electron chi connectivity index (χ4n) is 1.93. The molecular weight excluding hydrogens is 274 g/mol. The second-order valence-corrected chi connectivity index (χ2v) is 4.50. The minimum Gasteiger partial charge on any atom is -0.489 e. The Hall–Kier alpha value is -2.45. The maximum Gasteiger partial charge on any atom is 0.131 e. The van der Waals surface area contributed by atoms with Crippen molar-refractivity contribution in [1.82, 2.24) is 0 Å². The number of nitrogens with two attached hydrogens (primary N) is 1. The molecule has 0 heterocycles. The molecule has 21 heavy (non-hydrogen) atoms. The second-order valence-electron chi connectivity index (χ2n) is 4.50. The van der Waals surface area contributed by atoms with Gasteiger partial charge in [-0.1, -0.05) is 6.07 Å². The van der Waals surface area contributed by atoms with E-state index in [4.69, 9.17) is 15.7 Å². The van der Waals surface area contributed by atoms with E-state index >= 15 is 0 Å². The van der Waals surface area contributed by atoms with Gasteiger partial charge in [0.05, 0.1) is 11.6 Å².